The van der Waals surface area contributed by atoms with Gasteiger partial charge >= 0.3 is 22.4 Å². The van der Waals surface area contributed by atoms with Gasteiger partial charge in [0.2, 0.25) is 0 Å². The number of benzene rings is 4. The maximum atomic E-state index is 14.4. The summed E-state index contributed by atoms with van der Waals surface area (Å²) in [4.78, 5) is 0. The van der Waals surface area contributed by atoms with Gasteiger partial charge in [-0.2, -0.15) is 0 Å². The van der Waals surface area contributed by atoms with E-state index in [2.05, 4.69) is 24.3 Å². The van der Waals surface area contributed by atoms with Crippen LogP contribution in [0.2, 0.25) is 0 Å². The van der Waals surface area contributed by atoms with Gasteiger partial charge in [0.1, 0.15) is 0 Å². The van der Waals surface area contributed by atoms with Gasteiger partial charge in [0, 0.05) is 16.6 Å². The average molecular weight is 762 g/mol. The number of halogens is 3. The van der Waals surface area contributed by atoms with Crippen LogP contribution in [0.3, 0.4) is 0 Å². The molecule has 0 saturated carbocycles. The van der Waals surface area contributed by atoms with Crippen molar-refractivity contribution < 1.29 is 39.4 Å². The molecule has 35 heavy (non-hydrogen) atoms. The molecule has 0 fully saturated rings. The van der Waals surface area contributed by atoms with Gasteiger partial charge in [-0.25, -0.2) is 0 Å². The van der Waals surface area contributed by atoms with Crippen molar-refractivity contribution >= 4 is 69.4 Å². The minimum Gasteiger partial charge on any atom is -1.00 e. The van der Waals surface area contributed by atoms with Gasteiger partial charge < -0.3 is 17.0 Å². The van der Waals surface area contributed by atoms with Crippen LogP contribution < -0.4 is 33.6 Å². The molecule has 0 aliphatic carbocycles. The summed E-state index contributed by atoms with van der Waals surface area (Å²) in [5.74, 6) is 3.94. The monoisotopic (exact) mass is 760 g/mol. The fourth-order valence-electron chi connectivity index (χ4n) is 3.43. The second kappa shape index (κ2) is 16.1. The molecule has 4 aromatic rings. The second-order valence-electron chi connectivity index (χ2n) is 7.06. The predicted octanol–water partition coefficient (Wildman–Crippen LogP) is 4.03. The van der Waals surface area contributed by atoms with Crippen LogP contribution in [-0.4, -0.2) is 5.34 Å². The molecule has 1 nitrogen and oxygen atoms in total. The van der Waals surface area contributed by atoms with Crippen LogP contribution in [0.1, 0.15) is 0 Å². The zero-order valence-corrected chi connectivity index (χ0v) is 25.6. The van der Waals surface area contributed by atoms with Crippen molar-refractivity contribution in [2.75, 3.05) is 5.34 Å². The maximum absolute atomic E-state index is 14.4. The van der Waals surface area contributed by atoms with Crippen molar-refractivity contribution in [1.29, 1.82) is 0 Å². The van der Waals surface area contributed by atoms with Crippen molar-refractivity contribution in [2.24, 2.45) is 0 Å². The van der Waals surface area contributed by atoms with Crippen molar-refractivity contribution in [3.63, 3.8) is 0 Å². The first-order chi connectivity index (χ1) is 16.0. The van der Waals surface area contributed by atoms with Crippen LogP contribution >= 0.6 is 36.4 Å². The first-order valence-electron chi connectivity index (χ1n) is 10.3. The first-order valence-corrected chi connectivity index (χ1v) is 16.0. The Hall–Kier alpha value is -0.890. The Labute approximate surface area is 245 Å². The summed E-state index contributed by atoms with van der Waals surface area (Å²) < 4.78 is 14.4. The Morgan fingerprint density at radius 3 is 1.11 bits per heavy atom. The van der Waals surface area contributed by atoms with E-state index in [4.69, 9.17) is 35.0 Å². The molecule has 8 heteroatoms. The van der Waals surface area contributed by atoms with Gasteiger partial charge in [-0.1, -0.05) is 133 Å². The third kappa shape index (κ3) is 8.31. The summed E-state index contributed by atoms with van der Waals surface area (Å²) in [6, 6.07) is 37.5. The number of hydrogen-bond acceptors (Lipinski definition) is 2. The molecule has 0 saturated heterocycles. The van der Waals surface area contributed by atoms with E-state index >= 15 is 0 Å². The van der Waals surface area contributed by atoms with Crippen LogP contribution in [0.4, 0.5) is 0 Å². The molecule has 4 rings (SSSR count). The Balaban J connectivity index is 0.00000117. The minimum absolute atomic E-state index is 0. The molecule has 0 radical (unpaired) electrons. The van der Waals surface area contributed by atoms with Gasteiger partial charge in [-0.3, -0.25) is 0 Å². The van der Waals surface area contributed by atoms with Crippen LogP contribution in [0, 0.1) is 0 Å². The van der Waals surface area contributed by atoms with E-state index < -0.39 is 13.2 Å². The van der Waals surface area contributed by atoms with Gasteiger partial charge in [0.15, 0.2) is 7.14 Å². The summed E-state index contributed by atoms with van der Waals surface area (Å²) in [7, 11) is -2.98. The van der Waals surface area contributed by atoms with Gasteiger partial charge in [-0.05, 0) is 22.2 Å². The molecule has 4 aromatic carbocycles. The topological polar surface area (TPSA) is 17.1 Å². The van der Waals surface area contributed by atoms with E-state index in [1.165, 1.54) is 0 Å². The van der Waals surface area contributed by atoms with Gasteiger partial charge in [0.25, 0.3) is 0 Å². The van der Waals surface area contributed by atoms with Gasteiger partial charge in [0.05, 0.1) is 5.34 Å². The van der Waals surface area contributed by atoms with Crippen molar-refractivity contribution in [1.82, 2.24) is 0 Å². The molecule has 0 atom stereocenters. The van der Waals surface area contributed by atoms with Crippen molar-refractivity contribution in [3.05, 3.63) is 133 Å². The Bertz CT molecular complexity index is 1070. The largest absolute Gasteiger partial charge is 1.00 e. The first kappa shape index (κ1) is 32.1. The summed E-state index contributed by atoms with van der Waals surface area (Å²) in [6.45, 7) is 0. The van der Waals surface area contributed by atoms with E-state index in [9.17, 15) is 4.57 Å². The molecule has 0 aliphatic heterocycles. The minimum atomic E-state index is -2.98. The Kier molecular flexibility index (Phi) is 14.7. The third-order valence-corrected chi connectivity index (χ3v) is 12.3. The molecule has 0 aliphatic rings. The van der Waals surface area contributed by atoms with Crippen LogP contribution in [0.5, 0.6) is 0 Å². The van der Waals surface area contributed by atoms with Crippen LogP contribution in [0.15, 0.2) is 133 Å². The van der Waals surface area contributed by atoms with E-state index in [0.29, 0.717) is 0 Å². The molecule has 0 unspecified atom stereocenters. The molecule has 0 amide bonds. The van der Waals surface area contributed by atoms with Crippen LogP contribution in [0.25, 0.3) is 0 Å². The quantitative estimate of drug-likeness (QED) is 0.168. The molecular formula is C27H24AuCl3OP2S. The summed E-state index contributed by atoms with van der Waals surface area (Å²) in [5.41, 5.74) is 0. The second-order valence-corrected chi connectivity index (χ2v) is 14.9. The molecule has 0 aromatic heterocycles. The van der Waals surface area contributed by atoms with E-state index in [1.54, 1.807) is 0 Å². The standard InChI is InChI=1S/C26H22OP2S.CH2Cl2.Au.ClH/c27-28(23-13-5-1-6-14-23,24-15-7-2-8-16-24)21-22-29(30,25-17-9-3-10-18-25)26-19-11-4-12-20-26;2-1-3;;/h1-22H;1H2;;1H/q;;+1;/p-1/b22-21+;;;. The number of hydrogen-bond donors (Lipinski definition) is 0. The molecule has 0 bridgehead atoms. The van der Waals surface area contributed by atoms with Crippen molar-refractivity contribution in [2.45, 2.75) is 0 Å². The molecular weight excluding hydrogens is 738 g/mol. The SMILES string of the molecule is ClCCl.O=P(/C=C/P(=S)(c1ccccc1)c1ccccc1)(c1ccccc1)c1ccccc1.[Au+].[Cl-]. The zero-order valence-electron chi connectivity index (χ0n) is 18.6. The Morgan fingerprint density at radius 1 is 0.571 bits per heavy atom. The Morgan fingerprint density at radius 2 is 0.829 bits per heavy atom. The van der Waals surface area contributed by atoms with Crippen molar-refractivity contribution in [3.8, 4) is 0 Å². The van der Waals surface area contributed by atoms with E-state index in [1.807, 2.05) is 109 Å². The fraction of sp³-hybridized carbons (Fsp3) is 0.0370. The molecule has 0 spiro atoms. The summed E-state index contributed by atoms with van der Waals surface area (Å²) in [6.07, 6.45) is 0. The average Bonchev–Trinajstić information content (AvgIpc) is 2.89. The van der Waals surface area contributed by atoms with E-state index in [-0.39, 0.29) is 40.1 Å². The zero-order chi connectivity index (χ0) is 23.6. The molecule has 0 N–H and O–H groups in total. The maximum Gasteiger partial charge on any atom is 1.00 e. The van der Waals surface area contributed by atoms with Crippen LogP contribution in [-0.2, 0) is 38.8 Å². The summed E-state index contributed by atoms with van der Waals surface area (Å²) >= 11 is 15.8. The number of rotatable bonds is 6. The van der Waals surface area contributed by atoms with E-state index in [0.717, 1.165) is 21.2 Å². The third-order valence-electron chi connectivity index (χ3n) is 5.05. The number of alkyl halides is 2. The fourth-order valence-corrected chi connectivity index (χ4v) is 9.90. The van der Waals surface area contributed by atoms with Gasteiger partial charge in [-0.15, -0.1) is 23.2 Å². The normalized spacial score (nSPS) is 10.9. The summed E-state index contributed by atoms with van der Waals surface area (Å²) in [5, 5.41) is 4.01. The smallest absolute Gasteiger partial charge is 1.00 e. The predicted molar refractivity (Wildman–Crippen MR) is 152 cm³/mol. The molecule has 186 valence electrons. The molecule has 0 heterocycles.